The van der Waals surface area contributed by atoms with Gasteiger partial charge in [0, 0.05) is 5.92 Å². The number of nitrogens with zero attached hydrogens (tertiary/aromatic N) is 2. The van der Waals surface area contributed by atoms with E-state index in [1.54, 1.807) is 11.3 Å². The van der Waals surface area contributed by atoms with Crippen LogP contribution in [0.1, 0.15) is 24.7 Å². The van der Waals surface area contributed by atoms with Crippen molar-refractivity contribution in [2.24, 2.45) is 0 Å². The van der Waals surface area contributed by atoms with Crippen molar-refractivity contribution >= 4 is 11.3 Å². The Kier molecular flexibility index (Phi) is 2.71. The lowest BCUT2D eigenvalue weighted by Crippen LogP contribution is -2.26. The molecule has 16 heavy (non-hydrogen) atoms. The van der Waals surface area contributed by atoms with E-state index >= 15 is 0 Å². The third kappa shape index (κ3) is 1.88. The fourth-order valence-electron chi connectivity index (χ4n) is 1.97. The molecule has 5 heteroatoms. The molecule has 0 amide bonds. The van der Waals surface area contributed by atoms with Gasteiger partial charge in [0.25, 0.3) is 5.89 Å². The zero-order chi connectivity index (χ0) is 10.8. The van der Waals surface area contributed by atoms with E-state index in [1.165, 1.54) is 0 Å². The summed E-state index contributed by atoms with van der Waals surface area (Å²) in [7, 11) is 0. The Bertz CT molecular complexity index is 446. The average Bonchev–Trinajstić information content (AvgIpc) is 3.01. The molecule has 3 heterocycles. The molecule has 0 unspecified atom stereocenters. The second kappa shape index (κ2) is 4.35. The van der Waals surface area contributed by atoms with Gasteiger partial charge in [-0.25, -0.2) is 0 Å². The van der Waals surface area contributed by atoms with Gasteiger partial charge in [0.15, 0.2) is 0 Å². The topological polar surface area (TPSA) is 51.0 Å². The lowest BCUT2D eigenvalue weighted by atomic mass is 9.98. The maximum Gasteiger partial charge on any atom is 0.257 e. The Morgan fingerprint density at radius 1 is 1.31 bits per heavy atom. The summed E-state index contributed by atoms with van der Waals surface area (Å²) in [6.45, 7) is 2.09. The molecule has 1 N–H and O–H groups in total. The Morgan fingerprint density at radius 3 is 2.94 bits per heavy atom. The molecular weight excluding hydrogens is 222 g/mol. The Morgan fingerprint density at radius 2 is 2.19 bits per heavy atom. The van der Waals surface area contributed by atoms with Crippen molar-refractivity contribution in [1.82, 2.24) is 15.5 Å². The predicted octanol–water partition coefficient (Wildman–Crippen LogP) is 2.27. The smallest absolute Gasteiger partial charge is 0.257 e. The highest BCUT2D eigenvalue weighted by molar-refractivity contribution is 7.13. The highest BCUT2D eigenvalue weighted by Gasteiger charge is 2.21. The van der Waals surface area contributed by atoms with Crippen LogP contribution in [0, 0.1) is 0 Å². The first-order valence-electron chi connectivity index (χ1n) is 5.51. The van der Waals surface area contributed by atoms with E-state index in [2.05, 4.69) is 15.5 Å². The highest BCUT2D eigenvalue weighted by Crippen LogP contribution is 2.28. The molecule has 1 fully saturated rings. The second-order valence-corrected chi connectivity index (χ2v) is 4.89. The normalized spacial score (nSPS) is 17.8. The van der Waals surface area contributed by atoms with Gasteiger partial charge < -0.3 is 9.73 Å². The van der Waals surface area contributed by atoms with Crippen molar-refractivity contribution in [1.29, 1.82) is 0 Å². The van der Waals surface area contributed by atoms with Gasteiger partial charge in [-0.3, -0.25) is 0 Å². The largest absolute Gasteiger partial charge is 0.420 e. The van der Waals surface area contributed by atoms with E-state index in [-0.39, 0.29) is 0 Å². The van der Waals surface area contributed by atoms with Crippen LogP contribution in [0.4, 0.5) is 0 Å². The summed E-state index contributed by atoms with van der Waals surface area (Å²) in [5.41, 5.74) is 0. The van der Waals surface area contributed by atoms with E-state index in [0.29, 0.717) is 11.8 Å². The standard InChI is InChI=1S/C11H13N3OS/c1-2-9(16-7-1)11-14-13-10(15-11)8-3-5-12-6-4-8/h1-2,7-8,12H,3-6H2. The summed E-state index contributed by atoms with van der Waals surface area (Å²) in [6.07, 6.45) is 2.18. The molecule has 84 valence electrons. The quantitative estimate of drug-likeness (QED) is 0.867. The van der Waals surface area contributed by atoms with Gasteiger partial charge in [-0.2, -0.15) is 0 Å². The van der Waals surface area contributed by atoms with Crippen LogP contribution in [0.2, 0.25) is 0 Å². The van der Waals surface area contributed by atoms with E-state index < -0.39 is 0 Å². The minimum Gasteiger partial charge on any atom is -0.420 e. The van der Waals surface area contributed by atoms with E-state index in [0.717, 1.165) is 36.7 Å². The van der Waals surface area contributed by atoms with E-state index in [4.69, 9.17) is 4.42 Å². The molecule has 0 spiro atoms. The van der Waals surface area contributed by atoms with Crippen molar-refractivity contribution in [3.63, 3.8) is 0 Å². The molecule has 2 aromatic rings. The third-order valence-corrected chi connectivity index (χ3v) is 3.72. The molecule has 1 aliphatic heterocycles. The molecule has 1 saturated heterocycles. The Balaban J connectivity index is 1.82. The molecule has 1 aliphatic rings. The van der Waals surface area contributed by atoms with Gasteiger partial charge in [-0.1, -0.05) is 6.07 Å². The van der Waals surface area contributed by atoms with Gasteiger partial charge in [0.05, 0.1) is 4.88 Å². The van der Waals surface area contributed by atoms with E-state index in [9.17, 15) is 0 Å². The fourth-order valence-corrected chi connectivity index (χ4v) is 2.61. The van der Waals surface area contributed by atoms with Crippen molar-refractivity contribution in [3.8, 4) is 10.8 Å². The average molecular weight is 235 g/mol. The molecular formula is C11H13N3OS. The molecule has 4 nitrogen and oxygen atoms in total. The van der Waals surface area contributed by atoms with Gasteiger partial charge in [-0.05, 0) is 37.4 Å². The molecule has 0 radical (unpaired) electrons. The van der Waals surface area contributed by atoms with Crippen molar-refractivity contribution in [2.45, 2.75) is 18.8 Å². The van der Waals surface area contributed by atoms with Gasteiger partial charge >= 0.3 is 0 Å². The van der Waals surface area contributed by atoms with Crippen LogP contribution in [-0.4, -0.2) is 23.3 Å². The highest BCUT2D eigenvalue weighted by atomic mass is 32.1. The first-order valence-corrected chi connectivity index (χ1v) is 6.39. The summed E-state index contributed by atoms with van der Waals surface area (Å²) in [4.78, 5) is 1.05. The zero-order valence-electron chi connectivity index (χ0n) is 8.85. The van der Waals surface area contributed by atoms with Gasteiger partial charge in [0.2, 0.25) is 5.89 Å². The summed E-state index contributed by atoms with van der Waals surface area (Å²) in [6, 6.07) is 4.00. The number of hydrogen-bond donors (Lipinski definition) is 1. The van der Waals surface area contributed by atoms with Crippen LogP contribution >= 0.6 is 11.3 Å². The van der Waals surface area contributed by atoms with Crippen LogP contribution < -0.4 is 5.32 Å². The van der Waals surface area contributed by atoms with Crippen LogP contribution in [0.15, 0.2) is 21.9 Å². The molecule has 2 aromatic heterocycles. The number of thiophene rings is 1. The molecule has 0 aromatic carbocycles. The molecule has 0 aliphatic carbocycles. The minimum absolute atomic E-state index is 0.433. The van der Waals surface area contributed by atoms with Crippen LogP contribution in [0.25, 0.3) is 10.8 Å². The maximum absolute atomic E-state index is 5.73. The lowest BCUT2D eigenvalue weighted by molar-refractivity contribution is 0.378. The summed E-state index contributed by atoms with van der Waals surface area (Å²) in [5, 5.41) is 13.6. The van der Waals surface area contributed by atoms with Crippen molar-refractivity contribution < 1.29 is 4.42 Å². The third-order valence-electron chi connectivity index (χ3n) is 2.86. The molecule has 0 saturated carbocycles. The number of aromatic nitrogens is 2. The van der Waals surface area contributed by atoms with Crippen LogP contribution in [0.5, 0.6) is 0 Å². The Hall–Kier alpha value is -1.20. The Labute approximate surface area is 97.7 Å². The SMILES string of the molecule is c1csc(-c2nnc(C3CCNCC3)o2)c1. The van der Waals surface area contributed by atoms with Crippen LogP contribution in [-0.2, 0) is 0 Å². The predicted molar refractivity (Wildman–Crippen MR) is 62.5 cm³/mol. The minimum atomic E-state index is 0.433. The van der Waals surface area contributed by atoms with Gasteiger partial charge in [0.1, 0.15) is 0 Å². The van der Waals surface area contributed by atoms with Crippen molar-refractivity contribution in [3.05, 3.63) is 23.4 Å². The fraction of sp³-hybridized carbons (Fsp3) is 0.455. The lowest BCUT2D eigenvalue weighted by Gasteiger charge is -2.18. The second-order valence-electron chi connectivity index (χ2n) is 3.95. The zero-order valence-corrected chi connectivity index (χ0v) is 9.67. The number of nitrogens with one attached hydrogen (secondary N) is 1. The van der Waals surface area contributed by atoms with Crippen LogP contribution in [0.3, 0.4) is 0 Å². The monoisotopic (exact) mass is 235 g/mol. The van der Waals surface area contributed by atoms with Crippen molar-refractivity contribution in [2.75, 3.05) is 13.1 Å². The molecule has 0 atom stereocenters. The first-order chi connectivity index (χ1) is 7.93. The maximum atomic E-state index is 5.73. The summed E-state index contributed by atoms with van der Waals surface area (Å²) >= 11 is 1.63. The summed E-state index contributed by atoms with van der Waals surface area (Å²) < 4.78 is 5.73. The molecule has 0 bridgehead atoms. The van der Waals surface area contributed by atoms with E-state index in [1.807, 2.05) is 17.5 Å². The van der Waals surface area contributed by atoms with Gasteiger partial charge in [-0.15, -0.1) is 21.5 Å². The molecule has 3 rings (SSSR count). The summed E-state index contributed by atoms with van der Waals surface area (Å²) in [5.74, 6) is 1.89. The number of piperidine rings is 1. The number of rotatable bonds is 2. The number of hydrogen-bond acceptors (Lipinski definition) is 5. The first kappa shape index (κ1) is 9.99.